The van der Waals surface area contributed by atoms with Crippen LogP contribution in [0.25, 0.3) is 0 Å². The molecule has 1 heterocycles. The van der Waals surface area contributed by atoms with E-state index in [1.807, 2.05) is 6.92 Å². The van der Waals surface area contributed by atoms with Gasteiger partial charge in [-0.2, -0.15) is 0 Å². The van der Waals surface area contributed by atoms with E-state index in [9.17, 15) is 9.59 Å². The monoisotopic (exact) mass is 271 g/mol. The Morgan fingerprint density at radius 3 is 2.53 bits per heavy atom. The second kappa shape index (κ2) is 7.99. The summed E-state index contributed by atoms with van der Waals surface area (Å²) in [7, 11) is 1.70. The van der Waals surface area contributed by atoms with Crippen LogP contribution in [0.4, 0.5) is 4.79 Å². The fourth-order valence-corrected chi connectivity index (χ4v) is 2.20. The molecule has 0 unspecified atom stereocenters. The molecule has 110 valence electrons. The maximum atomic E-state index is 11.9. The molecule has 1 fully saturated rings. The van der Waals surface area contributed by atoms with Gasteiger partial charge in [-0.15, -0.1) is 0 Å². The molecule has 0 saturated carbocycles. The highest BCUT2D eigenvalue weighted by atomic mass is 16.4. The van der Waals surface area contributed by atoms with Crippen molar-refractivity contribution in [3.8, 4) is 0 Å². The van der Waals surface area contributed by atoms with Crippen LogP contribution in [0.5, 0.6) is 0 Å². The number of hydrogen-bond donors (Lipinski definition) is 2. The fourth-order valence-electron chi connectivity index (χ4n) is 2.20. The molecule has 0 aromatic rings. The number of amides is 2. The van der Waals surface area contributed by atoms with Gasteiger partial charge in [-0.25, -0.2) is 9.59 Å². The Bertz CT molecular complexity index is 304. The highest BCUT2D eigenvalue weighted by molar-refractivity contribution is 5.82. The zero-order valence-corrected chi connectivity index (χ0v) is 11.9. The van der Waals surface area contributed by atoms with Gasteiger partial charge in [0, 0.05) is 20.1 Å². The van der Waals surface area contributed by atoms with Crippen LogP contribution in [0.2, 0.25) is 0 Å². The first-order valence-electron chi connectivity index (χ1n) is 7.01. The zero-order chi connectivity index (χ0) is 14.3. The SMILES string of the molecule is CCC[C@H](NC(=O)N(C)CCN1CCCC1)C(=O)O. The van der Waals surface area contributed by atoms with Gasteiger partial charge in [0.05, 0.1) is 0 Å². The second-order valence-corrected chi connectivity index (χ2v) is 5.10. The van der Waals surface area contributed by atoms with Gasteiger partial charge in [-0.05, 0) is 32.4 Å². The molecule has 6 heteroatoms. The Morgan fingerprint density at radius 2 is 2.00 bits per heavy atom. The molecular formula is C13H25N3O3. The zero-order valence-electron chi connectivity index (χ0n) is 11.9. The van der Waals surface area contributed by atoms with Crippen LogP contribution < -0.4 is 5.32 Å². The lowest BCUT2D eigenvalue weighted by Gasteiger charge is -2.23. The number of carboxylic acids is 1. The van der Waals surface area contributed by atoms with Crippen molar-refractivity contribution >= 4 is 12.0 Å². The molecule has 1 rings (SSSR count). The van der Waals surface area contributed by atoms with Crippen LogP contribution in [0.15, 0.2) is 0 Å². The van der Waals surface area contributed by atoms with Crippen molar-refractivity contribution in [3.05, 3.63) is 0 Å². The third-order valence-electron chi connectivity index (χ3n) is 3.47. The van der Waals surface area contributed by atoms with Crippen LogP contribution in [0.3, 0.4) is 0 Å². The molecule has 2 N–H and O–H groups in total. The summed E-state index contributed by atoms with van der Waals surface area (Å²) in [6, 6.07) is -1.09. The van der Waals surface area contributed by atoms with E-state index in [2.05, 4.69) is 10.2 Å². The molecular weight excluding hydrogens is 246 g/mol. The molecule has 0 aromatic heterocycles. The average molecular weight is 271 g/mol. The number of hydrogen-bond acceptors (Lipinski definition) is 3. The van der Waals surface area contributed by atoms with Crippen molar-refractivity contribution in [2.24, 2.45) is 0 Å². The van der Waals surface area contributed by atoms with Crippen molar-refractivity contribution < 1.29 is 14.7 Å². The van der Waals surface area contributed by atoms with Crippen molar-refractivity contribution in [1.29, 1.82) is 0 Å². The third-order valence-corrected chi connectivity index (χ3v) is 3.47. The van der Waals surface area contributed by atoms with Crippen molar-refractivity contribution in [3.63, 3.8) is 0 Å². The minimum atomic E-state index is -0.969. The van der Waals surface area contributed by atoms with Crippen LogP contribution in [-0.2, 0) is 4.79 Å². The summed E-state index contributed by atoms with van der Waals surface area (Å²) in [5.74, 6) is -0.969. The van der Waals surface area contributed by atoms with Crippen LogP contribution in [0, 0.1) is 0 Å². The maximum absolute atomic E-state index is 11.9. The Kier molecular flexibility index (Phi) is 6.62. The van der Waals surface area contributed by atoms with E-state index in [1.165, 1.54) is 12.8 Å². The van der Waals surface area contributed by atoms with Gasteiger partial charge in [0.1, 0.15) is 6.04 Å². The summed E-state index contributed by atoms with van der Waals surface area (Å²) in [5.41, 5.74) is 0. The van der Waals surface area contributed by atoms with E-state index in [0.717, 1.165) is 26.1 Å². The Labute approximate surface area is 114 Å². The molecule has 2 amide bonds. The predicted octanol–water partition coefficient (Wildman–Crippen LogP) is 0.977. The summed E-state index contributed by atoms with van der Waals surface area (Å²) < 4.78 is 0. The summed E-state index contributed by atoms with van der Waals surface area (Å²) in [6.45, 7) is 5.59. The lowest BCUT2D eigenvalue weighted by atomic mass is 10.2. The summed E-state index contributed by atoms with van der Waals surface area (Å²) in [6.07, 6.45) is 3.65. The standard InChI is InChI=1S/C13H25N3O3/c1-3-6-11(12(17)18)14-13(19)15(2)9-10-16-7-4-5-8-16/h11H,3-10H2,1-2H3,(H,14,19)(H,17,18)/t11-/m0/s1. The average Bonchev–Trinajstić information content (AvgIpc) is 2.88. The fraction of sp³-hybridized carbons (Fsp3) is 0.846. The van der Waals surface area contributed by atoms with E-state index in [1.54, 1.807) is 11.9 Å². The molecule has 1 atom stereocenters. The number of likely N-dealkylation sites (tertiary alicyclic amines) is 1. The van der Waals surface area contributed by atoms with Crippen molar-refractivity contribution in [2.45, 2.75) is 38.6 Å². The highest BCUT2D eigenvalue weighted by Crippen LogP contribution is 2.06. The molecule has 1 saturated heterocycles. The number of rotatable bonds is 7. The van der Waals surface area contributed by atoms with Crippen molar-refractivity contribution in [2.75, 3.05) is 33.2 Å². The summed E-state index contributed by atoms with van der Waals surface area (Å²) in [5, 5.41) is 11.6. The first-order valence-corrected chi connectivity index (χ1v) is 7.01. The maximum Gasteiger partial charge on any atom is 0.326 e. The highest BCUT2D eigenvalue weighted by Gasteiger charge is 2.21. The first kappa shape index (κ1) is 15.8. The smallest absolute Gasteiger partial charge is 0.326 e. The molecule has 1 aliphatic rings. The number of carboxylic acid groups (broad SMARTS) is 1. The van der Waals surface area contributed by atoms with Gasteiger partial charge in [0.25, 0.3) is 0 Å². The molecule has 0 bridgehead atoms. The van der Waals surface area contributed by atoms with Gasteiger partial charge in [-0.1, -0.05) is 13.3 Å². The van der Waals surface area contributed by atoms with E-state index >= 15 is 0 Å². The number of nitrogens with one attached hydrogen (secondary N) is 1. The van der Waals surface area contributed by atoms with Gasteiger partial charge in [-0.3, -0.25) is 0 Å². The molecule has 0 radical (unpaired) electrons. The number of carbonyl (C=O) groups excluding carboxylic acids is 1. The van der Waals surface area contributed by atoms with Crippen LogP contribution in [0.1, 0.15) is 32.6 Å². The van der Waals surface area contributed by atoms with Gasteiger partial charge in [0.2, 0.25) is 0 Å². The second-order valence-electron chi connectivity index (χ2n) is 5.10. The van der Waals surface area contributed by atoms with Crippen LogP contribution in [-0.4, -0.2) is 66.2 Å². The molecule has 6 nitrogen and oxygen atoms in total. The summed E-state index contributed by atoms with van der Waals surface area (Å²) in [4.78, 5) is 26.7. The quantitative estimate of drug-likeness (QED) is 0.724. The lowest BCUT2D eigenvalue weighted by molar-refractivity contribution is -0.139. The normalized spacial score (nSPS) is 17.2. The molecule has 1 aliphatic heterocycles. The van der Waals surface area contributed by atoms with Gasteiger partial charge in [0.15, 0.2) is 0 Å². The van der Waals surface area contributed by atoms with E-state index in [4.69, 9.17) is 5.11 Å². The van der Waals surface area contributed by atoms with E-state index in [0.29, 0.717) is 13.0 Å². The van der Waals surface area contributed by atoms with Crippen LogP contribution >= 0.6 is 0 Å². The Morgan fingerprint density at radius 1 is 1.37 bits per heavy atom. The number of aliphatic carboxylic acids is 1. The third kappa shape index (κ3) is 5.46. The minimum absolute atomic E-state index is 0.306. The molecule has 0 spiro atoms. The Balaban J connectivity index is 2.31. The van der Waals surface area contributed by atoms with Crippen molar-refractivity contribution in [1.82, 2.24) is 15.1 Å². The molecule has 19 heavy (non-hydrogen) atoms. The predicted molar refractivity (Wildman–Crippen MR) is 73.2 cm³/mol. The number of likely N-dealkylation sites (N-methyl/N-ethyl adjacent to an activating group) is 1. The number of nitrogens with zero attached hydrogens (tertiary/aromatic N) is 2. The van der Waals surface area contributed by atoms with E-state index in [-0.39, 0.29) is 6.03 Å². The largest absolute Gasteiger partial charge is 0.480 e. The summed E-state index contributed by atoms with van der Waals surface area (Å²) >= 11 is 0. The van der Waals surface area contributed by atoms with Gasteiger partial charge < -0.3 is 20.2 Å². The van der Waals surface area contributed by atoms with Gasteiger partial charge >= 0.3 is 12.0 Å². The molecule has 0 aromatic carbocycles. The lowest BCUT2D eigenvalue weighted by Crippen LogP contribution is -2.48. The van der Waals surface area contributed by atoms with E-state index < -0.39 is 12.0 Å². The first-order chi connectivity index (χ1) is 9.04. The Hall–Kier alpha value is -1.30. The topological polar surface area (TPSA) is 72.9 Å². The number of carbonyl (C=O) groups is 2. The minimum Gasteiger partial charge on any atom is -0.480 e. The number of urea groups is 1. The molecule has 0 aliphatic carbocycles.